The highest BCUT2D eigenvalue weighted by Gasteiger charge is 2.21. The summed E-state index contributed by atoms with van der Waals surface area (Å²) >= 11 is 1.57. The quantitative estimate of drug-likeness (QED) is 0.413. The Balaban J connectivity index is 1.58. The van der Waals surface area contributed by atoms with E-state index in [9.17, 15) is 4.79 Å². The van der Waals surface area contributed by atoms with Gasteiger partial charge in [0.15, 0.2) is 0 Å². The topological polar surface area (TPSA) is 59.5 Å². The van der Waals surface area contributed by atoms with E-state index in [-0.39, 0.29) is 12.3 Å². The van der Waals surface area contributed by atoms with Crippen molar-refractivity contribution in [2.45, 2.75) is 33.4 Å². The van der Waals surface area contributed by atoms with E-state index in [0.29, 0.717) is 13.1 Å². The molecule has 0 fully saturated rings. The molecule has 0 aliphatic carbocycles. The van der Waals surface area contributed by atoms with Crippen LogP contribution in [-0.4, -0.2) is 15.8 Å². The number of carbonyl (C=O) groups excluding carboxylic acids is 1. The molecule has 4 aromatic rings. The van der Waals surface area contributed by atoms with Gasteiger partial charge >= 0.3 is 0 Å². The largest absolute Gasteiger partial charge is 0.467 e. The van der Waals surface area contributed by atoms with E-state index in [2.05, 4.69) is 36.2 Å². The van der Waals surface area contributed by atoms with E-state index in [1.807, 2.05) is 31.2 Å². The number of nitrogens with zero attached hydrogens (tertiary/aromatic N) is 2. The van der Waals surface area contributed by atoms with Gasteiger partial charge in [-0.15, -0.1) is 11.3 Å². The Labute approximate surface area is 173 Å². The molecule has 0 atom stereocenters. The maximum atomic E-state index is 13.2. The SMILES string of the molecule is Cc1ccc(-c2nc(C)sc2CC(=O)N(Cc2ccco2)Cc2ccco2)cc1. The molecular weight excluding hydrogens is 384 g/mol. The second-order valence-electron chi connectivity index (χ2n) is 6.96. The number of furan rings is 2. The summed E-state index contributed by atoms with van der Waals surface area (Å²) in [5.41, 5.74) is 3.12. The van der Waals surface area contributed by atoms with Gasteiger partial charge in [0.05, 0.1) is 42.7 Å². The Kier molecular flexibility index (Phi) is 5.62. The number of rotatable bonds is 7. The lowest BCUT2D eigenvalue weighted by atomic mass is 10.1. The normalized spacial score (nSPS) is 11.0. The van der Waals surface area contributed by atoms with E-state index in [1.165, 1.54) is 5.56 Å². The van der Waals surface area contributed by atoms with Crippen molar-refractivity contribution in [3.8, 4) is 11.3 Å². The van der Waals surface area contributed by atoms with Gasteiger partial charge in [-0.25, -0.2) is 4.98 Å². The molecule has 0 saturated carbocycles. The third-order valence-electron chi connectivity index (χ3n) is 4.65. The molecule has 0 radical (unpaired) electrons. The van der Waals surface area contributed by atoms with Crippen molar-refractivity contribution in [1.29, 1.82) is 0 Å². The molecule has 1 aromatic carbocycles. The van der Waals surface area contributed by atoms with Crippen LogP contribution in [0.2, 0.25) is 0 Å². The van der Waals surface area contributed by atoms with Gasteiger partial charge in [0.25, 0.3) is 0 Å². The van der Waals surface area contributed by atoms with Crippen molar-refractivity contribution < 1.29 is 13.6 Å². The number of amides is 1. The Bertz CT molecular complexity index is 1030. The molecule has 3 aromatic heterocycles. The molecule has 0 spiro atoms. The molecule has 3 heterocycles. The monoisotopic (exact) mass is 406 g/mol. The van der Waals surface area contributed by atoms with E-state index in [0.717, 1.165) is 32.7 Å². The zero-order valence-electron chi connectivity index (χ0n) is 16.4. The highest BCUT2D eigenvalue weighted by molar-refractivity contribution is 7.12. The molecule has 0 bridgehead atoms. The first-order valence-corrected chi connectivity index (χ1v) is 10.3. The van der Waals surface area contributed by atoms with Gasteiger partial charge in [0.1, 0.15) is 11.5 Å². The highest BCUT2D eigenvalue weighted by atomic mass is 32.1. The van der Waals surface area contributed by atoms with Gasteiger partial charge in [0.2, 0.25) is 5.91 Å². The summed E-state index contributed by atoms with van der Waals surface area (Å²) in [5.74, 6) is 1.49. The first-order valence-electron chi connectivity index (χ1n) is 9.44. The first kappa shape index (κ1) is 19.2. The fourth-order valence-electron chi connectivity index (χ4n) is 3.19. The van der Waals surface area contributed by atoms with Crippen LogP contribution >= 0.6 is 11.3 Å². The summed E-state index contributed by atoms with van der Waals surface area (Å²) in [4.78, 5) is 20.6. The van der Waals surface area contributed by atoms with Gasteiger partial charge in [-0.05, 0) is 38.1 Å². The van der Waals surface area contributed by atoms with E-state index < -0.39 is 0 Å². The van der Waals surface area contributed by atoms with E-state index in [4.69, 9.17) is 8.83 Å². The molecule has 0 unspecified atom stereocenters. The minimum absolute atomic E-state index is 0.00908. The van der Waals surface area contributed by atoms with Gasteiger partial charge < -0.3 is 13.7 Å². The third kappa shape index (κ3) is 4.66. The second kappa shape index (κ2) is 8.49. The molecule has 1 amide bonds. The van der Waals surface area contributed by atoms with Crippen LogP contribution in [0.25, 0.3) is 11.3 Å². The van der Waals surface area contributed by atoms with Crippen LogP contribution in [0.5, 0.6) is 0 Å². The lowest BCUT2D eigenvalue weighted by Gasteiger charge is -2.20. The summed E-state index contributed by atoms with van der Waals surface area (Å²) in [6.45, 7) is 4.82. The average molecular weight is 407 g/mol. The van der Waals surface area contributed by atoms with E-state index >= 15 is 0 Å². The number of hydrogen-bond acceptors (Lipinski definition) is 5. The Morgan fingerprint density at radius 3 is 2.14 bits per heavy atom. The third-order valence-corrected chi connectivity index (χ3v) is 5.62. The maximum absolute atomic E-state index is 13.2. The summed E-state index contributed by atoms with van der Waals surface area (Å²) in [5, 5.41) is 0.951. The average Bonchev–Trinajstić information content (AvgIpc) is 3.45. The molecule has 4 rings (SSSR count). The maximum Gasteiger partial charge on any atom is 0.228 e. The minimum Gasteiger partial charge on any atom is -0.467 e. The predicted octanol–water partition coefficient (Wildman–Crippen LogP) is 5.38. The van der Waals surface area contributed by atoms with Gasteiger partial charge in [-0.2, -0.15) is 0 Å². The van der Waals surface area contributed by atoms with Crippen LogP contribution in [0.1, 0.15) is 27.0 Å². The van der Waals surface area contributed by atoms with Crippen molar-refractivity contribution >= 4 is 17.2 Å². The fraction of sp³-hybridized carbons (Fsp3) is 0.217. The standard InChI is InChI=1S/C23H22N2O3S/c1-16-7-9-18(10-8-16)23-21(29-17(2)24-23)13-22(26)25(14-19-5-3-11-27-19)15-20-6-4-12-28-20/h3-12H,13-15H2,1-2H3. The lowest BCUT2D eigenvalue weighted by molar-refractivity contribution is -0.132. The smallest absolute Gasteiger partial charge is 0.228 e. The number of benzene rings is 1. The van der Waals surface area contributed by atoms with Crippen LogP contribution in [0.4, 0.5) is 0 Å². The minimum atomic E-state index is 0.00908. The Morgan fingerprint density at radius 2 is 1.59 bits per heavy atom. The summed E-state index contributed by atoms with van der Waals surface area (Å²) in [6, 6.07) is 15.6. The van der Waals surface area contributed by atoms with Crippen molar-refractivity contribution in [2.75, 3.05) is 0 Å². The number of thiazole rings is 1. The number of hydrogen-bond donors (Lipinski definition) is 0. The molecule has 148 valence electrons. The molecule has 5 nitrogen and oxygen atoms in total. The van der Waals surface area contributed by atoms with Gasteiger partial charge in [-0.3, -0.25) is 4.79 Å². The van der Waals surface area contributed by atoms with Gasteiger partial charge in [-0.1, -0.05) is 29.8 Å². The van der Waals surface area contributed by atoms with Crippen LogP contribution in [0.3, 0.4) is 0 Å². The number of carbonyl (C=O) groups is 1. The lowest BCUT2D eigenvalue weighted by Crippen LogP contribution is -2.31. The van der Waals surface area contributed by atoms with Crippen LogP contribution < -0.4 is 0 Å². The molecule has 0 aliphatic rings. The molecule has 6 heteroatoms. The van der Waals surface area contributed by atoms with Gasteiger partial charge in [0, 0.05) is 10.4 Å². The van der Waals surface area contributed by atoms with E-state index in [1.54, 1.807) is 28.8 Å². The van der Waals surface area contributed by atoms with Crippen LogP contribution in [0, 0.1) is 13.8 Å². The number of aryl methyl sites for hydroxylation is 2. The molecule has 0 N–H and O–H groups in total. The molecule has 0 aliphatic heterocycles. The summed E-state index contributed by atoms with van der Waals surface area (Å²) in [7, 11) is 0. The molecule has 29 heavy (non-hydrogen) atoms. The van der Waals surface area contributed by atoms with Crippen molar-refractivity contribution in [2.24, 2.45) is 0 Å². The second-order valence-corrected chi connectivity index (χ2v) is 8.24. The summed E-state index contributed by atoms with van der Waals surface area (Å²) < 4.78 is 10.9. The first-order chi connectivity index (χ1) is 14.1. The highest BCUT2D eigenvalue weighted by Crippen LogP contribution is 2.29. The zero-order chi connectivity index (χ0) is 20.2. The Morgan fingerprint density at radius 1 is 0.966 bits per heavy atom. The Hall–Kier alpha value is -3.12. The fourth-order valence-corrected chi connectivity index (χ4v) is 4.14. The predicted molar refractivity (Wildman–Crippen MR) is 112 cm³/mol. The van der Waals surface area contributed by atoms with Crippen LogP contribution in [-0.2, 0) is 24.3 Å². The van der Waals surface area contributed by atoms with Crippen molar-refractivity contribution in [1.82, 2.24) is 9.88 Å². The van der Waals surface area contributed by atoms with Crippen molar-refractivity contribution in [3.63, 3.8) is 0 Å². The molecule has 0 saturated heterocycles. The number of aromatic nitrogens is 1. The zero-order valence-corrected chi connectivity index (χ0v) is 17.2. The summed E-state index contributed by atoms with van der Waals surface area (Å²) in [6.07, 6.45) is 3.52. The van der Waals surface area contributed by atoms with Crippen molar-refractivity contribution in [3.05, 3.63) is 88.0 Å². The van der Waals surface area contributed by atoms with Crippen LogP contribution in [0.15, 0.2) is 69.9 Å². The molecular formula is C23H22N2O3S.